The molecule has 1 aromatic carbocycles. The molecule has 1 fully saturated rings. The molecule has 4 N–H and O–H groups in total. The number of rotatable bonds is 6. The third-order valence-electron chi connectivity index (χ3n) is 4.24. The lowest BCUT2D eigenvalue weighted by Crippen LogP contribution is -2.31. The van der Waals surface area contributed by atoms with Gasteiger partial charge in [-0.1, -0.05) is 13.3 Å². The standard InChI is InChI=1S/C17H26N4O3S/c1-2-3-11-25(23,24)15-12-13(16(22)20-17(18)19)7-8-14(15)21-9-5-4-6-10-21/h7-8,12H,2-6,9-11H2,1H3,(H4,18,19,20,22). The highest BCUT2D eigenvalue weighted by Gasteiger charge is 2.24. The molecule has 8 heteroatoms. The quantitative estimate of drug-likeness (QED) is 0.584. The summed E-state index contributed by atoms with van der Waals surface area (Å²) in [4.78, 5) is 17.9. The third-order valence-corrected chi connectivity index (χ3v) is 6.06. The zero-order valence-corrected chi connectivity index (χ0v) is 15.4. The average molecular weight is 366 g/mol. The zero-order valence-electron chi connectivity index (χ0n) is 14.6. The van der Waals surface area contributed by atoms with Crippen LogP contribution in [0.5, 0.6) is 0 Å². The van der Waals surface area contributed by atoms with Gasteiger partial charge < -0.3 is 16.4 Å². The largest absolute Gasteiger partial charge is 0.370 e. The Balaban J connectivity index is 2.48. The van der Waals surface area contributed by atoms with Gasteiger partial charge in [0.15, 0.2) is 15.8 Å². The Morgan fingerprint density at radius 3 is 2.48 bits per heavy atom. The van der Waals surface area contributed by atoms with E-state index in [1.54, 1.807) is 12.1 Å². The molecular weight excluding hydrogens is 340 g/mol. The first kappa shape index (κ1) is 19.2. The minimum Gasteiger partial charge on any atom is -0.370 e. The van der Waals surface area contributed by atoms with Gasteiger partial charge in [-0.15, -0.1) is 0 Å². The van der Waals surface area contributed by atoms with E-state index in [0.717, 1.165) is 38.8 Å². The van der Waals surface area contributed by atoms with Crippen LogP contribution in [-0.4, -0.2) is 39.1 Å². The second-order valence-corrected chi connectivity index (χ2v) is 8.32. The summed E-state index contributed by atoms with van der Waals surface area (Å²) in [6.45, 7) is 3.58. The third kappa shape index (κ3) is 4.94. The molecular formula is C17H26N4O3S. The Morgan fingerprint density at radius 1 is 1.20 bits per heavy atom. The molecule has 0 bridgehead atoms. The summed E-state index contributed by atoms with van der Waals surface area (Å²) in [7, 11) is -3.49. The molecule has 1 aliphatic rings. The number of guanidine groups is 1. The van der Waals surface area contributed by atoms with E-state index in [1.807, 2.05) is 6.92 Å². The van der Waals surface area contributed by atoms with Gasteiger partial charge in [0.2, 0.25) is 0 Å². The van der Waals surface area contributed by atoms with Crippen LogP contribution in [0.2, 0.25) is 0 Å². The van der Waals surface area contributed by atoms with E-state index in [4.69, 9.17) is 11.5 Å². The molecule has 0 unspecified atom stereocenters. The number of amides is 1. The Morgan fingerprint density at radius 2 is 1.88 bits per heavy atom. The number of carbonyl (C=O) groups is 1. The van der Waals surface area contributed by atoms with Crippen molar-refractivity contribution < 1.29 is 13.2 Å². The van der Waals surface area contributed by atoms with Crippen LogP contribution in [0, 0.1) is 0 Å². The van der Waals surface area contributed by atoms with Crippen molar-refractivity contribution in [2.75, 3.05) is 23.7 Å². The smallest absolute Gasteiger partial charge is 0.280 e. The summed E-state index contributed by atoms with van der Waals surface area (Å²) in [6, 6.07) is 4.68. The summed E-state index contributed by atoms with van der Waals surface area (Å²) in [6.07, 6.45) is 4.57. The summed E-state index contributed by atoms with van der Waals surface area (Å²) >= 11 is 0. The van der Waals surface area contributed by atoms with Crippen molar-refractivity contribution in [1.29, 1.82) is 0 Å². The van der Waals surface area contributed by atoms with E-state index < -0.39 is 15.7 Å². The Kier molecular flexibility index (Phi) is 6.41. The van der Waals surface area contributed by atoms with Crippen LogP contribution in [0.3, 0.4) is 0 Å². The van der Waals surface area contributed by atoms with Gasteiger partial charge in [-0.2, -0.15) is 4.99 Å². The van der Waals surface area contributed by atoms with Crippen LogP contribution in [0.25, 0.3) is 0 Å². The number of aliphatic imine (C=N–C) groups is 1. The van der Waals surface area contributed by atoms with Crippen molar-refractivity contribution in [2.24, 2.45) is 16.5 Å². The molecule has 1 aliphatic heterocycles. The minimum atomic E-state index is -3.49. The van der Waals surface area contributed by atoms with Crippen molar-refractivity contribution >= 4 is 27.4 Å². The Bertz CT molecular complexity index is 749. The topological polar surface area (TPSA) is 119 Å². The summed E-state index contributed by atoms with van der Waals surface area (Å²) < 4.78 is 25.7. The molecule has 0 aromatic heterocycles. The molecule has 1 aromatic rings. The molecule has 0 spiro atoms. The molecule has 25 heavy (non-hydrogen) atoms. The highest BCUT2D eigenvalue weighted by Crippen LogP contribution is 2.30. The fourth-order valence-corrected chi connectivity index (χ4v) is 4.63. The summed E-state index contributed by atoms with van der Waals surface area (Å²) in [5.74, 6) is -0.929. The van der Waals surface area contributed by atoms with E-state index >= 15 is 0 Å². The van der Waals surface area contributed by atoms with Gasteiger partial charge in [0.25, 0.3) is 5.91 Å². The van der Waals surface area contributed by atoms with Crippen LogP contribution in [0.1, 0.15) is 49.4 Å². The maximum absolute atomic E-state index is 12.8. The average Bonchev–Trinajstić information content (AvgIpc) is 2.59. The fourth-order valence-electron chi connectivity index (χ4n) is 2.92. The number of unbranched alkanes of at least 4 members (excludes halogenated alkanes) is 1. The Hall–Kier alpha value is -2.09. The maximum atomic E-state index is 12.8. The number of anilines is 1. The second kappa shape index (κ2) is 8.33. The number of hydrogen-bond donors (Lipinski definition) is 2. The summed E-state index contributed by atoms with van der Waals surface area (Å²) in [5, 5.41) is 0. The van der Waals surface area contributed by atoms with Crippen molar-refractivity contribution in [3.05, 3.63) is 23.8 Å². The number of sulfone groups is 1. The zero-order chi connectivity index (χ0) is 18.4. The number of nitrogens with zero attached hydrogens (tertiary/aromatic N) is 2. The van der Waals surface area contributed by atoms with E-state index in [0.29, 0.717) is 12.1 Å². The van der Waals surface area contributed by atoms with Gasteiger partial charge in [0.05, 0.1) is 16.3 Å². The molecule has 7 nitrogen and oxygen atoms in total. The van der Waals surface area contributed by atoms with E-state index in [2.05, 4.69) is 9.89 Å². The first-order valence-electron chi connectivity index (χ1n) is 8.61. The number of benzene rings is 1. The molecule has 0 radical (unpaired) electrons. The second-order valence-electron chi connectivity index (χ2n) is 6.24. The van der Waals surface area contributed by atoms with E-state index in [1.165, 1.54) is 6.07 Å². The van der Waals surface area contributed by atoms with Crippen molar-refractivity contribution in [1.82, 2.24) is 0 Å². The van der Waals surface area contributed by atoms with Gasteiger partial charge in [-0.3, -0.25) is 4.79 Å². The van der Waals surface area contributed by atoms with Crippen molar-refractivity contribution in [3.63, 3.8) is 0 Å². The first-order chi connectivity index (χ1) is 11.8. The monoisotopic (exact) mass is 366 g/mol. The van der Waals surface area contributed by atoms with Gasteiger partial charge in [-0.05, 0) is 43.9 Å². The summed E-state index contributed by atoms with van der Waals surface area (Å²) in [5.41, 5.74) is 11.3. The number of nitrogens with two attached hydrogens (primary N) is 2. The normalized spacial score (nSPS) is 15.0. The highest BCUT2D eigenvalue weighted by atomic mass is 32.2. The number of piperidine rings is 1. The molecule has 0 atom stereocenters. The lowest BCUT2D eigenvalue weighted by atomic mass is 10.1. The number of carbonyl (C=O) groups excluding carboxylic acids is 1. The van der Waals surface area contributed by atoms with Crippen LogP contribution in [-0.2, 0) is 9.84 Å². The predicted octanol–water partition coefficient (Wildman–Crippen LogP) is 1.66. The molecule has 138 valence electrons. The highest BCUT2D eigenvalue weighted by molar-refractivity contribution is 7.91. The van der Waals surface area contributed by atoms with Crippen LogP contribution in [0.4, 0.5) is 5.69 Å². The SMILES string of the molecule is CCCCS(=O)(=O)c1cc(C(=O)N=C(N)N)ccc1N1CCCCC1. The van der Waals surface area contributed by atoms with E-state index in [9.17, 15) is 13.2 Å². The molecule has 0 aliphatic carbocycles. The van der Waals surface area contributed by atoms with Gasteiger partial charge in [0.1, 0.15) is 0 Å². The van der Waals surface area contributed by atoms with Crippen molar-refractivity contribution in [2.45, 2.75) is 43.9 Å². The van der Waals surface area contributed by atoms with Gasteiger partial charge in [0, 0.05) is 18.7 Å². The van der Waals surface area contributed by atoms with Gasteiger partial charge in [-0.25, -0.2) is 8.42 Å². The number of hydrogen-bond acceptors (Lipinski definition) is 4. The van der Waals surface area contributed by atoms with Crippen LogP contribution < -0.4 is 16.4 Å². The molecule has 2 rings (SSSR count). The fraction of sp³-hybridized carbons (Fsp3) is 0.529. The minimum absolute atomic E-state index is 0.0598. The molecule has 1 heterocycles. The van der Waals surface area contributed by atoms with Crippen LogP contribution >= 0.6 is 0 Å². The van der Waals surface area contributed by atoms with E-state index in [-0.39, 0.29) is 22.2 Å². The first-order valence-corrected chi connectivity index (χ1v) is 10.3. The lowest BCUT2D eigenvalue weighted by Gasteiger charge is -2.30. The lowest BCUT2D eigenvalue weighted by molar-refractivity contribution is 0.100. The molecule has 1 saturated heterocycles. The predicted molar refractivity (Wildman–Crippen MR) is 99.6 cm³/mol. The van der Waals surface area contributed by atoms with Gasteiger partial charge >= 0.3 is 0 Å². The van der Waals surface area contributed by atoms with Crippen LogP contribution in [0.15, 0.2) is 28.1 Å². The molecule has 0 saturated carbocycles. The maximum Gasteiger partial charge on any atom is 0.280 e. The Labute approximate surface area is 149 Å². The molecule has 1 amide bonds. The van der Waals surface area contributed by atoms with Crippen molar-refractivity contribution in [3.8, 4) is 0 Å².